The van der Waals surface area contributed by atoms with Gasteiger partial charge in [-0.15, -0.1) is 0 Å². The molecular formula is C19H22ClNO3. The van der Waals surface area contributed by atoms with E-state index in [4.69, 9.17) is 21.1 Å². The van der Waals surface area contributed by atoms with Crippen LogP contribution in [0.4, 0.5) is 0 Å². The fourth-order valence-corrected chi connectivity index (χ4v) is 2.40. The molecule has 0 aliphatic heterocycles. The Morgan fingerprint density at radius 3 is 2.62 bits per heavy atom. The van der Waals surface area contributed by atoms with Gasteiger partial charge in [-0.3, -0.25) is 4.79 Å². The molecule has 0 aliphatic carbocycles. The van der Waals surface area contributed by atoms with Crippen LogP contribution in [0.1, 0.15) is 13.3 Å². The number of rotatable bonds is 9. The highest BCUT2D eigenvalue weighted by Crippen LogP contribution is 2.30. The zero-order valence-corrected chi connectivity index (χ0v) is 14.5. The predicted molar refractivity (Wildman–Crippen MR) is 96.5 cm³/mol. The van der Waals surface area contributed by atoms with Gasteiger partial charge < -0.3 is 14.8 Å². The second kappa shape index (κ2) is 9.96. The van der Waals surface area contributed by atoms with E-state index in [2.05, 4.69) is 5.32 Å². The van der Waals surface area contributed by atoms with Crippen molar-refractivity contribution in [1.29, 1.82) is 0 Å². The van der Waals surface area contributed by atoms with Gasteiger partial charge in [-0.05, 0) is 36.6 Å². The number of carbonyl (C=O) groups is 1. The second-order valence-electron chi connectivity index (χ2n) is 5.20. The minimum absolute atomic E-state index is 0.0565. The van der Waals surface area contributed by atoms with E-state index < -0.39 is 0 Å². The maximum Gasteiger partial charge on any atom is 0.257 e. The van der Waals surface area contributed by atoms with Crippen LogP contribution in [-0.2, 0) is 9.53 Å². The average molecular weight is 348 g/mol. The van der Waals surface area contributed by atoms with Crippen LogP contribution in [0.25, 0.3) is 11.1 Å². The number of amides is 1. The molecule has 1 N–H and O–H groups in total. The van der Waals surface area contributed by atoms with E-state index >= 15 is 0 Å². The van der Waals surface area contributed by atoms with Crippen LogP contribution >= 0.6 is 11.6 Å². The molecule has 0 unspecified atom stereocenters. The summed E-state index contributed by atoms with van der Waals surface area (Å²) in [6.07, 6.45) is 0.784. The molecule has 0 saturated carbocycles. The Morgan fingerprint density at radius 1 is 1.12 bits per heavy atom. The van der Waals surface area contributed by atoms with Gasteiger partial charge in [-0.1, -0.05) is 48.0 Å². The van der Waals surface area contributed by atoms with E-state index in [1.165, 1.54) is 0 Å². The third kappa shape index (κ3) is 5.87. The van der Waals surface area contributed by atoms with Crippen LogP contribution in [-0.4, -0.2) is 32.3 Å². The van der Waals surface area contributed by atoms with Crippen LogP contribution in [0, 0.1) is 0 Å². The summed E-state index contributed by atoms with van der Waals surface area (Å²) >= 11 is 6.25. The number of hydrogen-bond donors (Lipinski definition) is 1. The lowest BCUT2D eigenvalue weighted by Gasteiger charge is -2.10. The lowest BCUT2D eigenvalue weighted by molar-refractivity contribution is -0.123. The molecule has 128 valence electrons. The van der Waals surface area contributed by atoms with Gasteiger partial charge in [0, 0.05) is 19.8 Å². The molecular weight excluding hydrogens is 326 g/mol. The monoisotopic (exact) mass is 347 g/mol. The third-order valence-electron chi connectivity index (χ3n) is 3.39. The minimum atomic E-state index is -0.172. The summed E-state index contributed by atoms with van der Waals surface area (Å²) in [5.74, 6) is 0.329. The summed E-state index contributed by atoms with van der Waals surface area (Å²) in [4.78, 5) is 11.7. The fourth-order valence-electron chi connectivity index (χ4n) is 2.17. The average Bonchev–Trinajstić information content (AvgIpc) is 2.61. The van der Waals surface area contributed by atoms with Crippen molar-refractivity contribution in [2.75, 3.05) is 26.4 Å². The molecule has 2 aromatic carbocycles. The lowest BCUT2D eigenvalue weighted by atomic mass is 10.1. The van der Waals surface area contributed by atoms with Crippen molar-refractivity contribution in [3.63, 3.8) is 0 Å². The van der Waals surface area contributed by atoms with E-state index in [0.717, 1.165) is 17.5 Å². The van der Waals surface area contributed by atoms with Crippen molar-refractivity contribution < 1.29 is 14.3 Å². The highest BCUT2D eigenvalue weighted by molar-refractivity contribution is 6.32. The van der Waals surface area contributed by atoms with Gasteiger partial charge >= 0.3 is 0 Å². The number of nitrogens with one attached hydrogen (secondary N) is 1. The van der Waals surface area contributed by atoms with E-state index in [1.54, 1.807) is 6.07 Å². The van der Waals surface area contributed by atoms with Gasteiger partial charge in [0.15, 0.2) is 6.61 Å². The van der Waals surface area contributed by atoms with E-state index in [9.17, 15) is 4.79 Å². The first-order valence-corrected chi connectivity index (χ1v) is 8.40. The first kappa shape index (κ1) is 18.3. The first-order valence-electron chi connectivity index (χ1n) is 8.03. The maximum absolute atomic E-state index is 11.7. The number of hydrogen-bond acceptors (Lipinski definition) is 3. The first-order chi connectivity index (χ1) is 11.7. The van der Waals surface area contributed by atoms with Crippen LogP contribution < -0.4 is 10.1 Å². The fraction of sp³-hybridized carbons (Fsp3) is 0.316. The molecule has 5 heteroatoms. The zero-order valence-electron chi connectivity index (χ0n) is 13.8. The van der Waals surface area contributed by atoms with Crippen molar-refractivity contribution in [3.05, 3.63) is 53.6 Å². The summed E-state index contributed by atoms with van der Waals surface area (Å²) in [6.45, 7) is 3.79. The molecule has 0 spiro atoms. The summed E-state index contributed by atoms with van der Waals surface area (Å²) in [7, 11) is 0. The molecule has 0 fully saturated rings. The summed E-state index contributed by atoms with van der Waals surface area (Å²) in [6, 6.07) is 15.5. The summed E-state index contributed by atoms with van der Waals surface area (Å²) in [5, 5.41) is 3.27. The Bertz CT molecular complexity index is 646. The van der Waals surface area contributed by atoms with Gasteiger partial charge in [-0.25, -0.2) is 0 Å². The van der Waals surface area contributed by atoms with Crippen molar-refractivity contribution in [3.8, 4) is 16.9 Å². The van der Waals surface area contributed by atoms with Crippen LogP contribution in [0.3, 0.4) is 0 Å². The van der Waals surface area contributed by atoms with Crippen LogP contribution in [0.5, 0.6) is 5.75 Å². The lowest BCUT2D eigenvalue weighted by Crippen LogP contribution is -2.30. The standard InChI is InChI=1S/C19H22ClNO3/c1-2-23-12-6-11-21-19(22)14-24-18-10-9-16(13-17(18)20)15-7-4-3-5-8-15/h3-5,7-10,13H,2,6,11-12,14H2,1H3,(H,21,22). The Kier molecular flexibility index (Phi) is 7.59. The highest BCUT2D eigenvalue weighted by atomic mass is 35.5. The van der Waals surface area contributed by atoms with Gasteiger partial charge in [-0.2, -0.15) is 0 Å². The molecule has 0 radical (unpaired) electrons. The normalized spacial score (nSPS) is 10.4. The van der Waals surface area contributed by atoms with E-state index in [-0.39, 0.29) is 12.5 Å². The predicted octanol–water partition coefficient (Wildman–Crippen LogP) is 3.93. The summed E-state index contributed by atoms with van der Waals surface area (Å²) in [5.41, 5.74) is 2.09. The van der Waals surface area contributed by atoms with Crippen molar-refractivity contribution in [2.24, 2.45) is 0 Å². The molecule has 0 atom stereocenters. The van der Waals surface area contributed by atoms with Gasteiger partial charge in [0.2, 0.25) is 0 Å². The molecule has 2 rings (SSSR count). The highest BCUT2D eigenvalue weighted by Gasteiger charge is 2.07. The number of carbonyl (C=O) groups excluding carboxylic acids is 1. The summed E-state index contributed by atoms with van der Waals surface area (Å²) < 4.78 is 10.7. The molecule has 0 saturated heterocycles. The minimum Gasteiger partial charge on any atom is -0.482 e. The number of halogens is 1. The molecule has 0 heterocycles. The smallest absolute Gasteiger partial charge is 0.257 e. The zero-order chi connectivity index (χ0) is 17.2. The third-order valence-corrected chi connectivity index (χ3v) is 3.68. The SMILES string of the molecule is CCOCCCNC(=O)COc1ccc(-c2ccccc2)cc1Cl. The van der Waals surface area contributed by atoms with Crippen LogP contribution in [0.2, 0.25) is 5.02 Å². The molecule has 0 bridgehead atoms. The second-order valence-corrected chi connectivity index (χ2v) is 5.61. The molecule has 2 aromatic rings. The molecule has 4 nitrogen and oxygen atoms in total. The van der Waals surface area contributed by atoms with Gasteiger partial charge in [0.05, 0.1) is 5.02 Å². The number of ether oxygens (including phenoxy) is 2. The Labute approximate surface area is 147 Å². The Balaban J connectivity index is 1.82. The Morgan fingerprint density at radius 2 is 1.92 bits per heavy atom. The topological polar surface area (TPSA) is 47.6 Å². The van der Waals surface area contributed by atoms with Crippen molar-refractivity contribution >= 4 is 17.5 Å². The maximum atomic E-state index is 11.7. The van der Waals surface area contributed by atoms with E-state index in [1.807, 2.05) is 49.4 Å². The van der Waals surface area contributed by atoms with E-state index in [0.29, 0.717) is 30.5 Å². The van der Waals surface area contributed by atoms with Gasteiger partial charge in [0.25, 0.3) is 5.91 Å². The largest absolute Gasteiger partial charge is 0.482 e. The molecule has 1 amide bonds. The van der Waals surface area contributed by atoms with Crippen molar-refractivity contribution in [1.82, 2.24) is 5.32 Å². The quantitative estimate of drug-likeness (QED) is 0.699. The number of benzene rings is 2. The molecule has 0 aliphatic rings. The Hall–Kier alpha value is -2.04. The van der Waals surface area contributed by atoms with Crippen LogP contribution in [0.15, 0.2) is 48.5 Å². The molecule has 24 heavy (non-hydrogen) atoms. The van der Waals surface area contributed by atoms with Gasteiger partial charge in [0.1, 0.15) is 5.75 Å². The molecule has 0 aromatic heterocycles. The van der Waals surface area contributed by atoms with Crippen molar-refractivity contribution in [2.45, 2.75) is 13.3 Å².